The molecule has 1 N–H and O–H groups in total. The van der Waals surface area contributed by atoms with E-state index in [4.69, 9.17) is 0 Å². The highest BCUT2D eigenvalue weighted by Crippen LogP contribution is 2.18. The molecule has 2 rings (SSSR count). The van der Waals surface area contributed by atoms with Gasteiger partial charge in [0.05, 0.1) is 6.10 Å². The normalized spacial score (nSPS) is 21.1. The zero-order chi connectivity index (χ0) is 12.3. The van der Waals surface area contributed by atoms with Gasteiger partial charge >= 0.3 is 6.61 Å². The van der Waals surface area contributed by atoms with Gasteiger partial charge in [0.15, 0.2) is 0 Å². The summed E-state index contributed by atoms with van der Waals surface area (Å²) in [7, 11) is 0. The lowest BCUT2D eigenvalue weighted by atomic mass is 10.2. The van der Waals surface area contributed by atoms with E-state index in [9.17, 15) is 13.9 Å². The molecule has 1 aliphatic rings. The van der Waals surface area contributed by atoms with Crippen LogP contribution in [0.1, 0.15) is 12.0 Å². The third-order valence-corrected chi connectivity index (χ3v) is 2.80. The van der Waals surface area contributed by atoms with Gasteiger partial charge in [-0.1, -0.05) is 12.1 Å². The molecule has 1 aromatic carbocycles. The molecule has 0 aliphatic carbocycles. The predicted octanol–water partition coefficient (Wildman–Crippen LogP) is 1.85. The first-order valence-electron chi connectivity index (χ1n) is 5.57. The van der Waals surface area contributed by atoms with E-state index in [1.54, 1.807) is 12.1 Å². The minimum absolute atomic E-state index is 0.171. The van der Waals surface area contributed by atoms with E-state index >= 15 is 0 Å². The van der Waals surface area contributed by atoms with Crippen molar-refractivity contribution in [2.45, 2.75) is 25.7 Å². The lowest BCUT2D eigenvalue weighted by Crippen LogP contribution is -2.21. The highest BCUT2D eigenvalue weighted by molar-refractivity contribution is 5.27. The molecule has 1 heterocycles. The highest BCUT2D eigenvalue weighted by Gasteiger charge is 2.19. The van der Waals surface area contributed by atoms with Gasteiger partial charge in [0.2, 0.25) is 0 Å². The van der Waals surface area contributed by atoms with Gasteiger partial charge in [0, 0.05) is 19.6 Å². The van der Waals surface area contributed by atoms with E-state index in [0.29, 0.717) is 6.54 Å². The van der Waals surface area contributed by atoms with Crippen LogP contribution in [0.5, 0.6) is 5.75 Å². The number of hydrogen-bond acceptors (Lipinski definition) is 3. The Kier molecular flexibility index (Phi) is 3.91. The maximum atomic E-state index is 11.9. The molecule has 0 amide bonds. The summed E-state index contributed by atoms with van der Waals surface area (Å²) in [6, 6.07) is 6.60. The van der Waals surface area contributed by atoms with Crippen molar-refractivity contribution in [1.29, 1.82) is 0 Å². The topological polar surface area (TPSA) is 32.7 Å². The van der Waals surface area contributed by atoms with E-state index < -0.39 is 6.61 Å². The van der Waals surface area contributed by atoms with Crippen molar-refractivity contribution in [3.63, 3.8) is 0 Å². The summed E-state index contributed by atoms with van der Waals surface area (Å²) in [5.41, 5.74) is 1.03. The molecule has 1 saturated heterocycles. The second-order valence-electron chi connectivity index (χ2n) is 4.20. The minimum Gasteiger partial charge on any atom is -0.435 e. The summed E-state index contributed by atoms with van der Waals surface area (Å²) in [4.78, 5) is 2.13. The van der Waals surface area contributed by atoms with Crippen molar-refractivity contribution in [3.8, 4) is 5.75 Å². The number of benzene rings is 1. The van der Waals surface area contributed by atoms with Crippen molar-refractivity contribution in [3.05, 3.63) is 29.8 Å². The van der Waals surface area contributed by atoms with Crippen LogP contribution in [0.15, 0.2) is 24.3 Å². The maximum Gasteiger partial charge on any atom is 0.387 e. The van der Waals surface area contributed by atoms with Crippen LogP contribution in [0.4, 0.5) is 8.78 Å². The van der Waals surface area contributed by atoms with E-state index in [2.05, 4.69) is 9.64 Å². The van der Waals surface area contributed by atoms with E-state index in [1.165, 1.54) is 12.1 Å². The zero-order valence-electron chi connectivity index (χ0n) is 9.35. The molecule has 1 atom stereocenters. The average Bonchev–Trinajstić information content (AvgIpc) is 2.66. The molecule has 0 aromatic heterocycles. The standard InChI is InChI=1S/C12H15F2NO2/c13-12(14)17-11-3-1-9(2-4-11)7-15-6-5-10(16)8-15/h1-4,10,12,16H,5-8H2. The van der Waals surface area contributed by atoms with Crippen molar-refractivity contribution >= 4 is 0 Å². The Balaban J connectivity index is 1.89. The second kappa shape index (κ2) is 5.42. The molecular formula is C12H15F2NO2. The third kappa shape index (κ3) is 3.64. The summed E-state index contributed by atoms with van der Waals surface area (Å²) < 4.78 is 28.1. The van der Waals surface area contributed by atoms with E-state index in [0.717, 1.165) is 25.1 Å². The SMILES string of the molecule is OC1CCN(Cc2ccc(OC(F)F)cc2)C1. The highest BCUT2D eigenvalue weighted by atomic mass is 19.3. The van der Waals surface area contributed by atoms with Crippen molar-refractivity contribution < 1.29 is 18.6 Å². The van der Waals surface area contributed by atoms with Crippen LogP contribution in [0.2, 0.25) is 0 Å². The van der Waals surface area contributed by atoms with Gasteiger partial charge in [-0.2, -0.15) is 8.78 Å². The van der Waals surface area contributed by atoms with Crippen LogP contribution >= 0.6 is 0 Å². The molecule has 94 valence electrons. The van der Waals surface area contributed by atoms with E-state index in [1.807, 2.05) is 0 Å². The minimum atomic E-state index is -2.78. The maximum absolute atomic E-state index is 11.9. The Morgan fingerprint density at radius 2 is 2.06 bits per heavy atom. The molecule has 17 heavy (non-hydrogen) atoms. The molecule has 3 nitrogen and oxygen atoms in total. The fraction of sp³-hybridized carbons (Fsp3) is 0.500. The Hall–Kier alpha value is -1.20. The van der Waals surface area contributed by atoms with Crippen molar-refractivity contribution in [2.24, 2.45) is 0 Å². The molecule has 1 fully saturated rings. The molecule has 0 radical (unpaired) electrons. The quantitative estimate of drug-likeness (QED) is 0.876. The Labute approximate surface area is 98.6 Å². The number of aliphatic hydroxyl groups is 1. The van der Waals surface area contributed by atoms with Gasteiger partial charge in [0.25, 0.3) is 0 Å². The molecule has 1 unspecified atom stereocenters. The first-order chi connectivity index (χ1) is 8.13. The van der Waals surface area contributed by atoms with Gasteiger partial charge in [-0.15, -0.1) is 0 Å². The summed E-state index contributed by atoms with van der Waals surface area (Å²) in [5, 5.41) is 9.38. The smallest absolute Gasteiger partial charge is 0.387 e. The van der Waals surface area contributed by atoms with Gasteiger partial charge in [-0.25, -0.2) is 0 Å². The van der Waals surface area contributed by atoms with Gasteiger partial charge in [-0.05, 0) is 24.1 Å². The number of alkyl halides is 2. The number of aliphatic hydroxyl groups excluding tert-OH is 1. The van der Waals surface area contributed by atoms with Crippen LogP contribution in [0, 0.1) is 0 Å². The molecule has 0 bridgehead atoms. The number of ether oxygens (including phenoxy) is 1. The van der Waals surface area contributed by atoms with Crippen molar-refractivity contribution in [1.82, 2.24) is 4.90 Å². The lowest BCUT2D eigenvalue weighted by molar-refractivity contribution is -0.0498. The fourth-order valence-electron chi connectivity index (χ4n) is 1.99. The monoisotopic (exact) mass is 243 g/mol. The van der Waals surface area contributed by atoms with Gasteiger partial charge in [0.1, 0.15) is 5.75 Å². The number of hydrogen-bond donors (Lipinski definition) is 1. The zero-order valence-corrected chi connectivity index (χ0v) is 9.35. The first kappa shape index (κ1) is 12.3. The summed E-state index contributed by atoms with van der Waals surface area (Å²) >= 11 is 0. The molecule has 1 aromatic rings. The number of nitrogens with zero attached hydrogens (tertiary/aromatic N) is 1. The second-order valence-corrected chi connectivity index (χ2v) is 4.20. The number of likely N-dealkylation sites (tertiary alicyclic amines) is 1. The molecule has 0 spiro atoms. The summed E-state index contributed by atoms with van der Waals surface area (Å²) in [6.07, 6.45) is 0.559. The van der Waals surface area contributed by atoms with Crippen molar-refractivity contribution in [2.75, 3.05) is 13.1 Å². The Bertz CT molecular complexity index is 356. The third-order valence-electron chi connectivity index (χ3n) is 2.80. The predicted molar refractivity (Wildman–Crippen MR) is 59.0 cm³/mol. The van der Waals surface area contributed by atoms with Crippen LogP contribution in [0.25, 0.3) is 0 Å². The Morgan fingerprint density at radius 3 is 2.59 bits per heavy atom. The molecule has 5 heteroatoms. The number of β-amino-alcohol motifs (C(OH)–C–C–N with tert-alkyl or cyclic N) is 1. The lowest BCUT2D eigenvalue weighted by Gasteiger charge is -2.15. The fourth-order valence-corrected chi connectivity index (χ4v) is 1.99. The molecule has 0 saturated carbocycles. The summed E-state index contributed by atoms with van der Waals surface area (Å²) in [6.45, 7) is -0.507. The van der Waals surface area contributed by atoms with Crippen LogP contribution in [-0.4, -0.2) is 35.8 Å². The molecule has 1 aliphatic heterocycles. The summed E-state index contributed by atoms with van der Waals surface area (Å²) in [5.74, 6) is 0.171. The largest absolute Gasteiger partial charge is 0.435 e. The number of halogens is 2. The van der Waals surface area contributed by atoms with Crippen LogP contribution in [0.3, 0.4) is 0 Å². The Morgan fingerprint density at radius 1 is 1.35 bits per heavy atom. The average molecular weight is 243 g/mol. The first-order valence-corrected chi connectivity index (χ1v) is 5.57. The number of rotatable bonds is 4. The van der Waals surface area contributed by atoms with E-state index in [-0.39, 0.29) is 11.9 Å². The molecular weight excluding hydrogens is 228 g/mol. The van der Waals surface area contributed by atoms with Gasteiger partial charge < -0.3 is 9.84 Å². The van der Waals surface area contributed by atoms with Crippen LogP contribution < -0.4 is 4.74 Å². The van der Waals surface area contributed by atoms with Crippen LogP contribution in [-0.2, 0) is 6.54 Å². The van der Waals surface area contributed by atoms with Gasteiger partial charge in [-0.3, -0.25) is 4.90 Å².